The number of aryl methyl sites for hydroxylation is 2. The molecule has 2 rings (SSSR count). The second kappa shape index (κ2) is 6.03. The van der Waals surface area contributed by atoms with Crippen molar-refractivity contribution in [1.82, 2.24) is 9.78 Å². The summed E-state index contributed by atoms with van der Waals surface area (Å²) in [5.74, 6) is 0. The van der Waals surface area contributed by atoms with Crippen molar-refractivity contribution >= 4 is 0 Å². The van der Waals surface area contributed by atoms with E-state index in [1.807, 2.05) is 4.68 Å². The lowest BCUT2D eigenvalue weighted by Gasteiger charge is -2.36. The van der Waals surface area contributed by atoms with Crippen LogP contribution < -0.4 is 0 Å². The number of ether oxygens (including phenoxy) is 1. The van der Waals surface area contributed by atoms with Gasteiger partial charge in [0.15, 0.2) is 0 Å². The lowest BCUT2D eigenvalue weighted by molar-refractivity contribution is -0.136. The molecule has 2 heterocycles. The molecule has 1 saturated heterocycles. The molecule has 108 valence electrons. The summed E-state index contributed by atoms with van der Waals surface area (Å²) < 4.78 is 7.07. The van der Waals surface area contributed by atoms with Gasteiger partial charge in [-0.2, -0.15) is 5.10 Å². The third kappa shape index (κ3) is 3.16. The SMILES string of the molecule is CCc1cc(CC)n(CC(O)C2(O)CCOCC2)n1. The van der Waals surface area contributed by atoms with Crippen molar-refractivity contribution in [3.63, 3.8) is 0 Å². The predicted octanol–water partition coefficient (Wildman–Crippen LogP) is 0.910. The average Bonchev–Trinajstić information content (AvgIpc) is 2.82. The lowest BCUT2D eigenvalue weighted by Crippen LogP contribution is -2.48. The molecule has 1 aromatic heterocycles. The van der Waals surface area contributed by atoms with Crippen LogP contribution in [0.2, 0.25) is 0 Å². The molecule has 0 radical (unpaired) electrons. The maximum atomic E-state index is 10.5. The third-order valence-electron chi connectivity index (χ3n) is 3.96. The van der Waals surface area contributed by atoms with Crippen LogP contribution in [0.1, 0.15) is 38.1 Å². The number of aliphatic hydroxyl groups excluding tert-OH is 1. The smallest absolute Gasteiger partial charge is 0.102 e. The molecule has 0 aliphatic carbocycles. The van der Waals surface area contributed by atoms with Crippen LogP contribution >= 0.6 is 0 Å². The third-order valence-corrected chi connectivity index (χ3v) is 3.96. The fourth-order valence-electron chi connectivity index (χ4n) is 2.52. The van der Waals surface area contributed by atoms with Gasteiger partial charge in [-0.05, 0) is 18.9 Å². The van der Waals surface area contributed by atoms with E-state index in [-0.39, 0.29) is 0 Å². The Balaban J connectivity index is 2.09. The molecule has 1 aromatic rings. The standard InChI is InChI=1S/C14H24N2O3/c1-3-11-9-12(4-2)16(15-11)10-13(17)14(18)5-7-19-8-6-14/h9,13,17-18H,3-8,10H2,1-2H3. The van der Waals surface area contributed by atoms with Gasteiger partial charge in [-0.3, -0.25) is 4.68 Å². The molecular weight excluding hydrogens is 244 g/mol. The molecular formula is C14H24N2O3. The Labute approximate surface area is 114 Å². The molecule has 19 heavy (non-hydrogen) atoms. The Morgan fingerprint density at radius 2 is 2.05 bits per heavy atom. The van der Waals surface area contributed by atoms with Gasteiger partial charge in [0.05, 0.1) is 17.8 Å². The monoisotopic (exact) mass is 268 g/mol. The van der Waals surface area contributed by atoms with E-state index in [9.17, 15) is 10.2 Å². The molecule has 1 aliphatic heterocycles. The average molecular weight is 268 g/mol. The van der Waals surface area contributed by atoms with Crippen molar-refractivity contribution in [3.8, 4) is 0 Å². The van der Waals surface area contributed by atoms with Gasteiger partial charge >= 0.3 is 0 Å². The normalized spacial score (nSPS) is 20.4. The van der Waals surface area contributed by atoms with Crippen molar-refractivity contribution in [2.45, 2.75) is 57.8 Å². The minimum atomic E-state index is -1.04. The van der Waals surface area contributed by atoms with Crippen LogP contribution in [0.25, 0.3) is 0 Å². The van der Waals surface area contributed by atoms with E-state index in [0.717, 1.165) is 24.2 Å². The van der Waals surface area contributed by atoms with Crippen LogP contribution in [0.5, 0.6) is 0 Å². The molecule has 0 aromatic carbocycles. The van der Waals surface area contributed by atoms with Crippen molar-refractivity contribution in [3.05, 3.63) is 17.5 Å². The number of hydrogen-bond acceptors (Lipinski definition) is 4. The van der Waals surface area contributed by atoms with E-state index in [2.05, 4.69) is 25.0 Å². The Hall–Kier alpha value is -0.910. The lowest BCUT2D eigenvalue weighted by atomic mass is 9.88. The van der Waals surface area contributed by atoms with Gasteiger partial charge in [-0.15, -0.1) is 0 Å². The maximum absolute atomic E-state index is 10.5. The summed E-state index contributed by atoms with van der Waals surface area (Å²) in [6.07, 6.45) is 1.93. The van der Waals surface area contributed by atoms with E-state index < -0.39 is 11.7 Å². The predicted molar refractivity (Wildman–Crippen MR) is 72.0 cm³/mol. The molecule has 0 amide bonds. The minimum absolute atomic E-state index is 0.347. The zero-order chi connectivity index (χ0) is 13.9. The first-order valence-electron chi connectivity index (χ1n) is 7.13. The molecule has 0 spiro atoms. The van der Waals surface area contributed by atoms with Gasteiger partial charge in [0.2, 0.25) is 0 Å². The molecule has 0 bridgehead atoms. The van der Waals surface area contributed by atoms with Crippen LogP contribution in [0.4, 0.5) is 0 Å². The first-order chi connectivity index (χ1) is 9.09. The number of nitrogens with zero attached hydrogens (tertiary/aromatic N) is 2. The highest BCUT2D eigenvalue weighted by atomic mass is 16.5. The Kier molecular flexibility index (Phi) is 4.60. The first kappa shape index (κ1) is 14.5. The van der Waals surface area contributed by atoms with Gasteiger partial charge in [0.25, 0.3) is 0 Å². The summed E-state index contributed by atoms with van der Waals surface area (Å²) in [6, 6.07) is 2.07. The van der Waals surface area contributed by atoms with E-state index in [0.29, 0.717) is 32.6 Å². The van der Waals surface area contributed by atoms with Crippen LogP contribution in [0, 0.1) is 0 Å². The molecule has 5 heteroatoms. The van der Waals surface area contributed by atoms with Gasteiger partial charge in [0.1, 0.15) is 6.10 Å². The fraction of sp³-hybridized carbons (Fsp3) is 0.786. The topological polar surface area (TPSA) is 67.5 Å². The molecule has 2 N–H and O–H groups in total. The van der Waals surface area contributed by atoms with Gasteiger partial charge < -0.3 is 14.9 Å². The number of aromatic nitrogens is 2. The summed E-state index contributed by atoms with van der Waals surface area (Å²) in [4.78, 5) is 0. The van der Waals surface area contributed by atoms with Crippen LogP contribution in [0.3, 0.4) is 0 Å². The molecule has 1 atom stereocenters. The van der Waals surface area contributed by atoms with Crippen LogP contribution in [-0.4, -0.2) is 44.9 Å². The molecule has 5 nitrogen and oxygen atoms in total. The van der Waals surface area contributed by atoms with Crippen LogP contribution in [0.15, 0.2) is 6.07 Å². The quantitative estimate of drug-likeness (QED) is 0.833. The highest BCUT2D eigenvalue weighted by molar-refractivity contribution is 5.10. The van der Waals surface area contributed by atoms with E-state index in [1.54, 1.807) is 0 Å². The van der Waals surface area contributed by atoms with Crippen molar-refractivity contribution in [2.75, 3.05) is 13.2 Å². The summed E-state index contributed by atoms with van der Waals surface area (Å²) in [7, 11) is 0. The molecule has 1 unspecified atom stereocenters. The highest BCUT2D eigenvalue weighted by Gasteiger charge is 2.37. The Bertz CT molecular complexity index is 411. The molecule has 1 aliphatic rings. The van der Waals surface area contributed by atoms with Gasteiger partial charge in [-0.25, -0.2) is 0 Å². The first-order valence-corrected chi connectivity index (χ1v) is 7.13. The Morgan fingerprint density at radius 1 is 1.37 bits per heavy atom. The minimum Gasteiger partial charge on any atom is -0.388 e. The van der Waals surface area contributed by atoms with E-state index in [1.165, 1.54) is 0 Å². The van der Waals surface area contributed by atoms with Gasteiger partial charge in [0, 0.05) is 31.7 Å². The summed E-state index contributed by atoms with van der Waals surface area (Å²) in [5, 5.41) is 25.3. The number of hydrogen-bond donors (Lipinski definition) is 2. The summed E-state index contributed by atoms with van der Waals surface area (Å²) in [5.41, 5.74) is 1.09. The van der Waals surface area contributed by atoms with Crippen molar-refractivity contribution < 1.29 is 14.9 Å². The second-order valence-electron chi connectivity index (χ2n) is 5.25. The zero-order valence-electron chi connectivity index (χ0n) is 11.8. The highest BCUT2D eigenvalue weighted by Crippen LogP contribution is 2.25. The van der Waals surface area contributed by atoms with E-state index in [4.69, 9.17) is 4.74 Å². The number of aliphatic hydroxyl groups is 2. The van der Waals surface area contributed by atoms with Crippen LogP contribution in [-0.2, 0) is 24.1 Å². The molecule has 1 fully saturated rings. The number of rotatable bonds is 5. The van der Waals surface area contributed by atoms with Crippen molar-refractivity contribution in [2.24, 2.45) is 0 Å². The largest absolute Gasteiger partial charge is 0.388 e. The fourth-order valence-corrected chi connectivity index (χ4v) is 2.52. The van der Waals surface area contributed by atoms with E-state index >= 15 is 0 Å². The Morgan fingerprint density at radius 3 is 2.63 bits per heavy atom. The maximum Gasteiger partial charge on any atom is 0.102 e. The summed E-state index contributed by atoms with van der Waals surface area (Å²) >= 11 is 0. The zero-order valence-corrected chi connectivity index (χ0v) is 11.8. The van der Waals surface area contributed by atoms with Gasteiger partial charge in [-0.1, -0.05) is 13.8 Å². The second-order valence-corrected chi connectivity index (χ2v) is 5.25. The van der Waals surface area contributed by atoms with Crippen molar-refractivity contribution in [1.29, 1.82) is 0 Å². The summed E-state index contributed by atoms with van der Waals surface area (Å²) in [6.45, 7) is 5.50. The molecule has 0 saturated carbocycles.